The Morgan fingerprint density at radius 3 is 2.42 bits per heavy atom. The summed E-state index contributed by atoms with van der Waals surface area (Å²) in [5.41, 5.74) is -0.900. The van der Waals surface area contributed by atoms with E-state index in [2.05, 4.69) is 5.32 Å². The number of ether oxygens (including phenoxy) is 1. The fourth-order valence-electron chi connectivity index (χ4n) is 0.771. The quantitative estimate of drug-likeness (QED) is 0.811. The van der Waals surface area contributed by atoms with E-state index in [0.717, 1.165) is 0 Å². The Hall–Kier alpha value is 0.760. The molecule has 8 heteroatoms. The first-order chi connectivity index (χ1) is 5.81. The molecule has 3 atom stereocenters. The van der Waals surface area contributed by atoms with Crippen LogP contribution in [0.15, 0.2) is 0 Å². The minimum Gasteiger partial charge on any atom is -0.360 e. The van der Waals surface area contributed by atoms with E-state index in [9.17, 15) is 11.7 Å². The average molecular weight is 237 g/mol. The molecule has 1 aliphatic heterocycles. The second-order valence-electron chi connectivity index (χ2n) is 2.04. The van der Waals surface area contributed by atoms with Gasteiger partial charge in [0.1, 0.15) is 10.7 Å². The molecule has 0 radical (unpaired) electrons. The van der Waals surface area contributed by atoms with Gasteiger partial charge in [-0.05, 0) is 0 Å². The van der Waals surface area contributed by atoms with Crippen molar-refractivity contribution >= 4 is 36.4 Å². The van der Waals surface area contributed by atoms with Gasteiger partial charge in [-0.1, -0.05) is 0 Å². The average Bonchev–Trinajstić information content (AvgIpc) is 2.16. The van der Waals surface area contributed by atoms with Gasteiger partial charge in [-0.3, -0.25) is 5.32 Å². The van der Waals surface area contributed by atoms with Crippen LogP contribution in [0, 0.1) is 0 Å². The van der Waals surface area contributed by atoms with Crippen LogP contribution in [0.1, 0.15) is 0 Å². The van der Waals surface area contributed by atoms with Crippen molar-refractivity contribution in [3.63, 3.8) is 0 Å². The Morgan fingerprint density at radius 1 is 1.17 bits per heavy atom. The first kappa shape index (κ1) is 10.8. The Morgan fingerprint density at radius 2 is 1.92 bits per heavy atom. The molecule has 12 heavy (non-hydrogen) atoms. The van der Waals surface area contributed by atoms with Crippen molar-refractivity contribution in [2.24, 2.45) is 0 Å². The zero-order valence-corrected chi connectivity index (χ0v) is 8.16. The molecule has 1 heterocycles. The molecule has 0 aromatic rings. The summed E-state index contributed by atoms with van der Waals surface area (Å²) in [5.74, 6) is 0. The lowest BCUT2D eigenvalue weighted by molar-refractivity contribution is 0.0652. The van der Waals surface area contributed by atoms with Crippen LogP contribution in [0.4, 0.5) is 11.7 Å². The molecule has 0 spiro atoms. The van der Waals surface area contributed by atoms with E-state index in [-0.39, 0.29) is 43.1 Å². The van der Waals surface area contributed by atoms with Crippen molar-refractivity contribution in [2.45, 2.75) is 16.2 Å². The summed E-state index contributed by atoms with van der Waals surface area (Å²) < 4.78 is 40.9. The van der Waals surface area contributed by atoms with Crippen LogP contribution in [-0.4, -0.2) is 22.8 Å². The minimum atomic E-state index is -0.900. The Balaban J connectivity index is 2.41. The van der Waals surface area contributed by atoms with Crippen molar-refractivity contribution in [2.75, 3.05) is 6.61 Å². The summed E-state index contributed by atoms with van der Waals surface area (Å²) >= 11 is -0.136. The monoisotopic (exact) mass is 237 g/mol. The Labute approximate surface area is 81.2 Å². The molecule has 72 valence electrons. The van der Waals surface area contributed by atoms with Crippen molar-refractivity contribution < 1.29 is 16.4 Å². The lowest BCUT2D eigenvalue weighted by Gasteiger charge is -2.30. The summed E-state index contributed by atoms with van der Waals surface area (Å²) in [4.78, 5) is 0. The van der Waals surface area contributed by atoms with Gasteiger partial charge in [-0.15, -0.1) is 0 Å². The number of morpholine rings is 1. The van der Waals surface area contributed by atoms with Crippen LogP contribution in [0.5, 0.6) is 0 Å². The summed E-state index contributed by atoms with van der Waals surface area (Å²) in [6, 6.07) is 0. The van der Waals surface area contributed by atoms with Crippen LogP contribution in [-0.2, 0) is 4.74 Å². The largest absolute Gasteiger partial charge is 0.360 e. The molecule has 1 N–H and O–H groups in total. The lowest BCUT2D eigenvalue weighted by Crippen LogP contribution is -2.48. The van der Waals surface area contributed by atoms with E-state index in [1.807, 2.05) is 0 Å². The first-order valence-electron chi connectivity index (χ1n) is 3.01. The molecule has 0 aliphatic carbocycles. The van der Waals surface area contributed by atoms with E-state index in [0.29, 0.717) is 0 Å². The molecule has 0 saturated carbocycles. The highest BCUT2D eigenvalue weighted by Gasteiger charge is 2.33. The maximum Gasteiger partial charge on any atom is 0.161 e. The van der Waals surface area contributed by atoms with Gasteiger partial charge in [0.2, 0.25) is 0 Å². The van der Waals surface area contributed by atoms with Crippen LogP contribution in [0.25, 0.3) is 0 Å². The van der Waals surface area contributed by atoms with Crippen molar-refractivity contribution in [3.8, 4) is 0 Å². The SMILES string of the molecule is FSC1COC(SF)C(SF)N1. The van der Waals surface area contributed by atoms with Crippen LogP contribution < -0.4 is 5.32 Å². The van der Waals surface area contributed by atoms with E-state index in [1.54, 1.807) is 0 Å². The number of rotatable bonds is 3. The van der Waals surface area contributed by atoms with Crippen molar-refractivity contribution in [1.29, 1.82) is 0 Å². The Bertz CT molecular complexity index is 143. The molecule has 0 aromatic heterocycles. The fourth-order valence-corrected chi connectivity index (χ4v) is 2.12. The molecule has 1 rings (SSSR count). The van der Waals surface area contributed by atoms with Gasteiger partial charge in [-0.2, -0.15) is 11.7 Å². The summed E-state index contributed by atoms with van der Waals surface area (Å²) in [7, 11) is 0. The molecule has 1 saturated heterocycles. The molecular weight excluding hydrogens is 231 g/mol. The summed E-state index contributed by atoms with van der Waals surface area (Å²) in [5, 5.41) is 1.09. The smallest absolute Gasteiger partial charge is 0.161 e. The van der Waals surface area contributed by atoms with Crippen LogP contribution >= 0.6 is 36.4 Å². The van der Waals surface area contributed by atoms with E-state index in [4.69, 9.17) is 4.74 Å². The number of hydrogen-bond donors (Lipinski definition) is 1. The zero-order valence-electron chi connectivity index (χ0n) is 5.71. The normalized spacial score (nSPS) is 36.8. The van der Waals surface area contributed by atoms with E-state index >= 15 is 0 Å². The predicted octanol–water partition coefficient (Wildman–Crippen LogP) is 2.44. The first-order valence-corrected chi connectivity index (χ1v) is 5.35. The van der Waals surface area contributed by atoms with Gasteiger partial charge >= 0.3 is 0 Å². The highest BCUT2D eigenvalue weighted by molar-refractivity contribution is 7.99. The van der Waals surface area contributed by atoms with Crippen LogP contribution in [0.3, 0.4) is 0 Å². The Kier molecular flexibility index (Phi) is 4.95. The summed E-state index contributed by atoms with van der Waals surface area (Å²) in [6.45, 7) is 0.0415. The molecule has 3 unspecified atom stereocenters. The third-order valence-corrected chi connectivity index (χ3v) is 3.12. The molecule has 1 fully saturated rings. The van der Waals surface area contributed by atoms with Crippen molar-refractivity contribution in [1.82, 2.24) is 5.32 Å². The van der Waals surface area contributed by atoms with E-state index < -0.39 is 16.2 Å². The maximum atomic E-state index is 12.1. The van der Waals surface area contributed by atoms with Gasteiger partial charge in [0.05, 0.1) is 43.1 Å². The number of halogens is 3. The molecule has 1 aliphatic rings. The third-order valence-electron chi connectivity index (χ3n) is 1.30. The molecule has 2 nitrogen and oxygen atoms in total. The third kappa shape index (κ3) is 2.63. The lowest BCUT2D eigenvalue weighted by atomic mass is 10.5. The number of nitrogens with one attached hydrogen (secondary N) is 1. The van der Waals surface area contributed by atoms with Gasteiger partial charge < -0.3 is 4.74 Å². The molecule has 0 bridgehead atoms. The summed E-state index contributed by atoms with van der Waals surface area (Å²) in [6.07, 6.45) is 0. The van der Waals surface area contributed by atoms with Gasteiger partial charge in [0.15, 0.2) is 5.44 Å². The molecule has 0 amide bonds. The van der Waals surface area contributed by atoms with Gasteiger partial charge in [0, 0.05) is 0 Å². The topological polar surface area (TPSA) is 21.3 Å². The van der Waals surface area contributed by atoms with E-state index in [1.165, 1.54) is 0 Å². The van der Waals surface area contributed by atoms with Gasteiger partial charge in [-0.25, -0.2) is 0 Å². The fraction of sp³-hybridized carbons (Fsp3) is 1.00. The zero-order chi connectivity index (χ0) is 8.97. The highest BCUT2D eigenvalue weighted by Crippen LogP contribution is 2.30. The van der Waals surface area contributed by atoms with Crippen LogP contribution in [0.2, 0.25) is 0 Å². The van der Waals surface area contributed by atoms with Gasteiger partial charge in [0.25, 0.3) is 0 Å². The molecule has 0 aromatic carbocycles. The standard InChI is InChI=1S/C4H6F3NOS3/c5-10-2-1-9-4(12-7)3(8-2)11-6/h2-4,8H,1H2. The second kappa shape index (κ2) is 5.48. The predicted molar refractivity (Wildman–Crippen MR) is 46.5 cm³/mol. The van der Waals surface area contributed by atoms with Crippen molar-refractivity contribution in [3.05, 3.63) is 0 Å². The molecular formula is C4H6F3NOS3. The number of hydrogen-bond acceptors (Lipinski definition) is 5. The second-order valence-corrected chi connectivity index (χ2v) is 4.12. The minimum absolute atomic E-state index is 0.0296. The maximum absolute atomic E-state index is 12.1. The highest BCUT2D eigenvalue weighted by atomic mass is 32.2.